The summed E-state index contributed by atoms with van der Waals surface area (Å²) in [5.74, 6) is 2.50. The molecule has 1 aliphatic carbocycles. The molecule has 3 atom stereocenters. The highest BCUT2D eigenvalue weighted by Gasteiger charge is 2.59. The number of nitrogens with zero attached hydrogens (tertiary/aromatic N) is 2. The van der Waals surface area contributed by atoms with Gasteiger partial charge < -0.3 is 19.4 Å². The van der Waals surface area contributed by atoms with Crippen LogP contribution in [0.1, 0.15) is 33.0 Å². The lowest BCUT2D eigenvalue weighted by atomic mass is 9.57. The maximum Gasteiger partial charge on any atom is 0.194 e. The molecule has 3 unspecified atom stereocenters. The Hall–Kier alpha value is -0.760. The topological polar surface area (TPSA) is 50.0 Å². The van der Waals surface area contributed by atoms with Gasteiger partial charge in [-0.1, -0.05) is 13.8 Å². The number of halogens is 1. The van der Waals surface area contributed by atoms with Crippen molar-refractivity contribution in [3.63, 3.8) is 0 Å². The average Bonchev–Trinajstić information content (AvgIpc) is 3.13. The van der Waals surface area contributed by atoms with Crippen LogP contribution in [0.25, 0.3) is 0 Å². The largest absolute Gasteiger partial charge is 0.467 e. The molecule has 1 aromatic rings. The van der Waals surface area contributed by atoms with Crippen LogP contribution in [0.4, 0.5) is 0 Å². The van der Waals surface area contributed by atoms with Crippen molar-refractivity contribution in [1.82, 2.24) is 10.2 Å². The normalized spacial score (nSPS) is 28.5. The molecule has 2 heterocycles. The van der Waals surface area contributed by atoms with Crippen LogP contribution in [0.5, 0.6) is 0 Å². The Kier molecular flexibility index (Phi) is 5.99. The summed E-state index contributed by atoms with van der Waals surface area (Å²) in [5, 5.41) is 3.68. The van der Waals surface area contributed by atoms with Crippen LogP contribution in [0.15, 0.2) is 27.8 Å². The van der Waals surface area contributed by atoms with E-state index in [1.807, 2.05) is 12.1 Å². The maximum atomic E-state index is 5.88. The zero-order valence-corrected chi connectivity index (χ0v) is 16.7. The van der Waals surface area contributed by atoms with E-state index in [4.69, 9.17) is 9.15 Å². The van der Waals surface area contributed by atoms with Gasteiger partial charge in [0.2, 0.25) is 0 Å². The van der Waals surface area contributed by atoms with Crippen LogP contribution < -0.4 is 5.32 Å². The fourth-order valence-corrected chi connectivity index (χ4v) is 3.89. The van der Waals surface area contributed by atoms with Gasteiger partial charge in [-0.05, 0) is 25.5 Å². The number of guanidine groups is 1. The van der Waals surface area contributed by atoms with Gasteiger partial charge in [0, 0.05) is 37.6 Å². The molecule has 1 saturated heterocycles. The third-order valence-corrected chi connectivity index (χ3v) is 5.03. The van der Waals surface area contributed by atoms with E-state index < -0.39 is 0 Å². The van der Waals surface area contributed by atoms with Crippen LogP contribution in [-0.4, -0.2) is 43.2 Å². The van der Waals surface area contributed by atoms with Crippen molar-refractivity contribution in [2.75, 3.05) is 20.2 Å². The number of fused-ring (bicyclic) bond motifs is 1. The minimum Gasteiger partial charge on any atom is -0.467 e. The molecule has 5 nitrogen and oxygen atoms in total. The van der Waals surface area contributed by atoms with E-state index in [0.29, 0.717) is 18.1 Å². The fourth-order valence-electron chi connectivity index (χ4n) is 3.89. The zero-order valence-electron chi connectivity index (χ0n) is 14.4. The van der Waals surface area contributed by atoms with Crippen molar-refractivity contribution in [1.29, 1.82) is 0 Å². The smallest absolute Gasteiger partial charge is 0.194 e. The Bertz CT molecular complexity index is 530. The number of rotatable bonds is 4. The first-order valence-electron chi connectivity index (χ1n) is 8.20. The number of aliphatic imine (C=N–C) groups is 1. The quantitative estimate of drug-likeness (QED) is 0.451. The molecule has 1 aromatic heterocycles. The van der Waals surface area contributed by atoms with Crippen LogP contribution in [0.3, 0.4) is 0 Å². The van der Waals surface area contributed by atoms with Crippen molar-refractivity contribution >= 4 is 29.9 Å². The number of ether oxygens (including phenoxy) is 1. The van der Waals surface area contributed by atoms with Gasteiger partial charge in [-0.25, -0.2) is 0 Å². The summed E-state index contributed by atoms with van der Waals surface area (Å²) in [6, 6.07) is 4.33. The van der Waals surface area contributed by atoms with Gasteiger partial charge in [0.25, 0.3) is 0 Å². The van der Waals surface area contributed by atoms with E-state index in [1.54, 1.807) is 6.26 Å². The van der Waals surface area contributed by atoms with E-state index in [2.05, 4.69) is 43.0 Å². The first-order valence-corrected chi connectivity index (χ1v) is 8.20. The van der Waals surface area contributed by atoms with Gasteiger partial charge in [-0.3, -0.25) is 4.99 Å². The molecule has 2 fully saturated rings. The monoisotopic (exact) mass is 433 g/mol. The molecule has 1 aliphatic heterocycles. The van der Waals surface area contributed by atoms with Crippen LogP contribution >= 0.6 is 24.0 Å². The fraction of sp³-hybridized carbons (Fsp3) is 0.706. The molecule has 6 heteroatoms. The van der Waals surface area contributed by atoms with E-state index >= 15 is 0 Å². The summed E-state index contributed by atoms with van der Waals surface area (Å²) in [5.41, 5.74) is 0.154. The van der Waals surface area contributed by atoms with Gasteiger partial charge in [0.05, 0.1) is 18.9 Å². The summed E-state index contributed by atoms with van der Waals surface area (Å²) in [7, 11) is 2.05. The number of furan rings is 1. The third kappa shape index (κ3) is 3.52. The SMILES string of the molecule is CCN=C(NC1C2CCOC2C1(C)C)N(C)Cc1ccco1.I. The lowest BCUT2D eigenvalue weighted by Gasteiger charge is -2.55. The summed E-state index contributed by atoms with van der Waals surface area (Å²) < 4.78 is 11.3. The maximum absolute atomic E-state index is 5.88. The first kappa shape index (κ1) is 18.6. The van der Waals surface area contributed by atoms with Crippen LogP contribution in [-0.2, 0) is 11.3 Å². The van der Waals surface area contributed by atoms with Crippen molar-refractivity contribution in [3.8, 4) is 0 Å². The molecular weight excluding hydrogens is 405 g/mol. The predicted octanol–water partition coefficient (Wildman–Crippen LogP) is 3.11. The van der Waals surface area contributed by atoms with E-state index in [1.165, 1.54) is 0 Å². The Balaban J connectivity index is 0.00000192. The Morgan fingerprint density at radius 1 is 1.48 bits per heavy atom. The lowest BCUT2D eigenvalue weighted by Crippen LogP contribution is -2.67. The molecule has 1 N–H and O–H groups in total. The van der Waals surface area contributed by atoms with E-state index in [9.17, 15) is 0 Å². The molecule has 0 spiro atoms. The summed E-state index contributed by atoms with van der Waals surface area (Å²) in [4.78, 5) is 6.78. The Morgan fingerprint density at radius 2 is 2.26 bits per heavy atom. The van der Waals surface area contributed by atoms with Crippen molar-refractivity contribution in [3.05, 3.63) is 24.2 Å². The van der Waals surface area contributed by atoms with Gasteiger partial charge in [0.1, 0.15) is 5.76 Å². The highest BCUT2D eigenvalue weighted by Crippen LogP contribution is 2.52. The van der Waals surface area contributed by atoms with Gasteiger partial charge in [0.15, 0.2) is 5.96 Å². The number of nitrogens with one attached hydrogen (secondary N) is 1. The Labute approximate surface area is 155 Å². The zero-order chi connectivity index (χ0) is 15.7. The molecule has 0 amide bonds. The minimum atomic E-state index is 0. The third-order valence-electron chi connectivity index (χ3n) is 5.03. The van der Waals surface area contributed by atoms with Gasteiger partial charge in [-0.2, -0.15) is 0 Å². The average molecular weight is 433 g/mol. The highest BCUT2D eigenvalue weighted by molar-refractivity contribution is 14.0. The molecule has 3 rings (SSSR count). The highest BCUT2D eigenvalue weighted by atomic mass is 127. The second-order valence-electron chi connectivity index (χ2n) is 6.92. The summed E-state index contributed by atoms with van der Waals surface area (Å²) in [6.45, 7) is 9.01. The number of hydrogen-bond donors (Lipinski definition) is 1. The van der Waals surface area contributed by atoms with Crippen LogP contribution in [0.2, 0.25) is 0 Å². The van der Waals surface area contributed by atoms with E-state index in [0.717, 1.165) is 37.8 Å². The minimum absolute atomic E-state index is 0. The van der Waals surface area contributed by atoms with Gasteiger partial charge in [-0.15, -0.1) is 24.0 Å². The molecule has 0 radical (unpaired) electrons. The molecule has 0 aromatic carbocycles. The second-order valence-corrected chi connectivity index (χ2v) is 6.92. The first-order chi connectivity index (χ1) is 10.5. The molecule has 0 bridgehead atoms. The van der Waals surface area contributed by atoms with Crippen LogP contribution in [0, 0.1) is 11.3 Å². The van der Waals surface area contributed by atoms with Crippen molar-refractivity contribution < 1.29 is 9.15 Å². The predicted molar refractivity (Wildman–Crippen MR) is 102 cm³/mol. The Morgan fingerprint density at radius 3 is 2.91 bits per heavy atom. The van der Waals surface area contributed by atoms with Crippen molar-refractivity contribution in [2.24, 2.45) is 16.3 Å². The second kappa shape index (κ2) is 7.42. The summed E-state index contributed by atoms with van der Waals surface area (Å²) in [6.07, 6.45) is 3.25. The molecular formula is C17H28IN3O2. The summed E-state index contributed by atoms with van der Waals surface area (Å²) >= 11 is 0. The van der Waals surface area contributed by atoms with Gasteiger partial charge >= 0.3 is 0 Å². The molecule has 1 saturated carbocycles. The van der Waals surface area contributed by atoms with Crippen molar-refractivity contribution in [2.45, 2.75) is 45.9 Å². The number of hydrogen-bond acceptors (Lipinski definition) is 3. The van der Waals surface area contributed by atoms with E-state index in [-0.39, 0.29) is 29.4 Å². The molecule has 130 valence electrons. The molecule has 23 heavy (non-hydrogen) atoms. The standard InChI is InChI=1S/C17H27N3O2.HI/c1-5-18-16(20(4)11-12-7-6-9-21-12)19-14-13-8-10-22-15(13)17(14,2)3;/h6-7,9,13-15H,5,8,10-11H2,1-4H3,(H,18,19);1H. The lowest BCUT2D eigenvalue weighted by molar-refractivity contribution is -0.107. The molecule has 2 aliphatic rings.